The van der Waals surface area contributed by atoms with Crippen molar-refractivity contribution in [2.75, 3.05) is 26.2 Å². The number of benzene rings is 2. The van der Waals surface area contributed by atoms with Crippen LogP contribution in [0.3, 0.4) is 0 Å². The average Bonchev–Trinajstić information content (AvgIpc) is 2.77. The van der Waals surface area contributed by atoms with Crippen LogP contribution in [-0.4, -0.2) is 45.5 Å². The fourth-order valence-electron chi connectivity index (χ4n) is 4.20. The minimum absolute atomic E-state index is 0.107. The number of nitrogens with one attached hydrogen (secondary N) is 1. The Morgan fingerprint density at radius 3 is 2.73 bits per heavy atom. The number of para-hydroxylation sites is 1. The van der Waals surface area contributed by atoms with Crippen LogP contribution in [0.1, 0.15) is 24.0 Å². The van der Waals surface area contributed by atoms with E-state index in [-0.39, 0.29) is 22.6 Å². The van der Waals surface area contributed by atoms with Crippen molar-refractivity contribution in [3.8, 4) is 5.75 Å². The number of ether oxygens (including phenoxy) is 1. The molecule has 2 aliphatic heterocycles. The predicted octanol–water partition coefficient (Wildman–Crippen LogP) is 2.76. The summed E-state index contributed by atoms with van der Waals surface area (Å²) >= 11 is 0. The van der Waals surface area contributed by atoms with Crippen molar-refractivity contribution in [1.82, 2.24) is 9.62 Å². The number of nitrogens with zero attached hydrogens (tertiary/aromatic N) is 1. The first-order valence-electron chi connectivity index (χ1n) is 10.5. The van der Waals surface area contributed by atoms with Crippen LogP contribution < -0.4 is 9.46 Å². The number of hydrogen-bond acceptors (Lipinski definition) is 4. The minimum Gasteiger partial charge on any atom is -0.492 e. The normalized spacial score (nSPS) is 21.6. The molecule has 0 saturated carbocycles. The molecule has 2 heterocycles. The highest BCUT2D eigenvalue weighted by atomic mass is 32.2. The van der Waals surface area contributed by atoms with Gasteiger partial charge >= 0.3 is 0 Å². The number of aryl methyl sites for hydroxylation is 1. The van der Waals surface area contributed by atoms with Crippen molar-refractivity contribution in [2.45, 2.75) is 31.1 Å². The fraction of sp³-hybridized carbons (Fsp3) is 0.435. The van der Waals surface area contributed by atoms with Gasteiger partial charge in [0.05, 0.1) is 10.8 Å². The third kappa shape index (κ3) is 4.68. The van der Waals surface area contributed by atoms with Gasteiger partial charge in [-0.3, -0.25) is 4.79 Å². The molecule has 2 aliphatic rings. The number of fused-ring (bicyclic) bond motifs is 1. The van der Waals surface area contributed by atoms with Crippen LogP contribution in [0.25, 0.3) is 0 Å². The van der Waals surface area contributed by atoms with E-state index in [9.17, 15) is 13.2 Å². The van der Waals surface area contributed by atoms with Crippen LogP contribution >= 0.6 is 0 Å². The summed E-state index contributed by atoms with van der Waals surface area (Å²) in [6.45, 7) is 3.96. The molecule has 30 heavy (non-hydrogen) atoms. The SMILES string of the molecule is Cc1ccc(S(=O)(=O)NCC2CCCN(C(=O)C3COc4ccccc4C3)C2)cc1. The number of piperidine rings is 1. The maximum absolute atomic E-state index is 13.1. The predicted molar refractivity (Wildman–Crippen MR) is 115 cm³/mol. The van der Waals surface area contributed by atoms with Crippen molar-refractivity contribution in [2.24, 2.45) is 11.8 Å². The van der Waals surface area contributed by atoms with E-state index in [1.807, 2.05) is 36.1 Å². The Morgan fingerprint density at radius 1 is 1.17 bits per heavy atom. The monoisotopic (exact) mass is 428 g/mol. The first kappa shape index (κ1) is 20.9. The molecule has 2 unspecified atom stereocenters. The number of likely N-dealkylation sites (tertiary alicyclic amines) is 1. The van der Waals surface area contributed by atoms with E-state index in [2.05, 4.69) is 4.72 Å². The van der Waals surface area contributed by atoms with Gasteiger partial charge in [0.15, 0.2) is 0 Å². The Balaban J connectivity index is 1.34. The number of hydrogen-bond donors (Lipinski definition) is 1. The molecule has 2 atom stereocenters. The highest BCUT2D eigenvalue weighted by Gasteiger charge is 2.32. The third-order valence-corrected chi connectivity index (χ3v) is 7.39. The Kier molecular flexibility index (Phi) is 6.11. The van der Waals surface area contributed by atoms with Gasteiger partial charge in [-0.05, 0) is 55.9 Å². The molecule has 0 spiro atoms. The first-order chi connectivity index (χ1) is 14.4. The Morgan fingerprint density at radius 2 is 1.93 bits per heavy atom. The first-order valence-corrected chi connectivity index (χ1v) is 12.0. The zero-order chi connectivity index (χ0) is 21.1. The molecule has 1 N–H and O–H groups in total. The summed E-state index contributed by atoms with van der Waals surface area (Å²) < 4.78 is 33.6. The van der Waals surface area contributed by atoms with Gasteiger partial charge in [0.2, 0.25) is 15.9 Å². The number of rotatable bonds is 5. The van der Waals surface area contributed by atoms with Crippen molar-refractivity contribution in [3.05, 3.63) is 59.7 Å². The molecule has 1 amide bonds. The van der Waals surface area contributed by atoms with Gasteiger partial charge in [-0.2, -0.15) is 0 Å². The highest BCUT2D eigenvalue weighted by molar-refractivity contribution is 7.89. The summed E-state index contributed by atoms with van der Waals surface area (Å²) in [6.07, 6.45) is 2.48. The lowest BCUT2D eigenvalue weighted by Crippen LogP contribution is -2.47. The van der Waals surface area contributed by atoms with Crippen molar-refractivity contribution in [3.63, 3.8) is 0 Å². The fourth-order valence-corrected chi connectivity index (χ4v) is 5.32. The standard InChI is InChI=1S/C23H28N2O4S/c1-17-8-10-21(11-9-17)30(27,28)24-14-18-5-4-12-25(15-18)23(26)20-13-19-6-2-3-7-22(19)29-16-20/h2-3,6-11,18,20,24H,4-5,12-16H2,1H3. The number of carbonyl (C=O) groups excluding carboxylic acids is 1. The summed E-state index contributed by atoms with van der Waals surface area (Å²) in [5.74, 6) is 0.904. The van der Waals surface area contributed by atoms with Crippen LogP contribution in [0.15, 0.2) is 53.4 Å². The van der Waals surface area contributed by atoms with E-state index < -0.39 is 10.0 Å². The maximum atomic E-state index is 13.1. The Bertz CT molecular complexity index is 1000. The van der Waals surface area contributed by atoms with Crippen molar-refractivity contribution >= 4 is 15.9 Å². The van der Waals surface area contributed by atoms with E-state index in [0.29, 0.717) is 26.1 Å². The van der Waals surface area contributed by atoms with E-state index in [1.165, 1.54) is 0 Å². The maximum Gasteiger partial charge on any atom is 0.240 e. The molecule has 0 bridgehead atoms. The molecule has 160 valence electrons. The van der Waals surface area contributed by atoms with Crippen LogP contribution in [0.4, 0.5) is 0 Å². The molecule has 2 aromatic carbocycles. The van der Waals surface area contributed by atoms with Gasteiger partial charge in [-0.1, -0.05) is 35.9 Å². The van der Waals surface area contributed by atoms with Gasteiger partial charge in [-0.15, -0.1) is 0 Å². The Labute approximate surface area is 178 Å². The van der Waals surface area contributed by atoms with Crippen LogP contribution in [0.5, 0.6) is 5.75 Å². The van der Waals surface area contributed by atoms with Gasteiger partial charge in [0, 0.05) is 19.6 Å². The molecule has 0 aromatic heterocycles. The lowest BCUT2D eigenvalue weighted by Gasteiger charge is -2.36. The highest BCUT2D eigenvalue weighted by Crippen LogP contribution is 2.29. The summed E-state index contributed by atoms with van der Waals surface area (Å²) in [6, 6.07) is 14.7. The van der Waals surface area contributed by atoms with E-state index in [4.69, 9.17) is 4.74 Å². The number of carbonyl (C=O) groups is 1. The largest absolute Gasteiger partial charge is 0.492 e. The molecule has 7 heteroatoms. The zero-order valence-corrected chi connectivity index (χ0v) is 18.0. The summed E-state index contributed by atoms with van der Waals surface area (Å²) in [5.41, 5.74) is 2.09. The lowest BCUT2D eigenvalue weighted by molar-refractivity contribution is -0.138. The van der Waals surface area contributed by atoms with E-state index in [0.717, 1.165) is 36.3 Å². The van der Waals surface area contributed by atoms with Gasteiger partial charge in [0.25, 0.3) is 0 Å². The second kappa shape index (κ2) is 8.78. The number of sulfonamides is 1. The average molecular weight is 429 g/mol. The summed E-state index contributed by atoms with van der Waals surface area (Å²) in [5, 5.41) is 0. The topological polar surface area (TPSA) is 75.7 Å². The second-order valence-corrected chi connectivity index (χ2v) is 10.0. The molecular formula is C23H28N2O4S. The lowest BCUT2D eigenvalue weighted by atomic mass is 9.93. The second-order valence-electron chi connectivity index (χ2n) is 8.28. The van der Waals surface area contributed by atoms with Crippen molar-refractivity contribution < 1.29 is 17.9 Å². The van der Waals surface area contributed by atoms with E-state index >= 15 is 0 Å². The van der Waals surface area contributed by atoms with Crippen LogP contribution in [0, 0.1) is 18.8 Å². The molecule has 4 rings (SSSR count). The molecule has 0 radical (unpaired) electrons. The van der Waals surface area contributed by atoms with Gasteiger partial charge in [-0.25, -0.2) is 13.1 Å². The van der Waals surface area contributed by atoms with Crippen molar-refractivity contribution in [1.29, 1.82) is 0 Å². The molecular weight excluding hydrogens is 400 g/mol. The molecule has 1 saturated heterocycles. The molecule has 6 nitrogen and oxygen atoms in total. The molecule has 1 fully saturated rings. The summed E-state index contributed by atoms with van der Waals surface area (Å²) in [7, 11) is -3.54. The Hall–Kier alpha value is -2.38. The zero-order valence-electron chi connectivity index (χ0n) is 17.2. The van der Waals surface area contributed by atoms with Gasteiger partial charge < -0.3 is 9.64 Å². The van der Waals surface area contributed by atoms with Gasteiger partial charge in [0.1, 0.15) is 12.4 Å². The van der Waals surface area contributed by atoms with Crippen LogP contribution in [-0.2, 0) is 21.2 Å². The quantitative estimate of drug-likeness (QED) is 0.795. The minimum atomic E-state index is -3.54. The summed E-state index contributed by atoms with van der Waals surface area (Å²) in [4.78, 5) is 15.2. The third-order valence-electron chi connectivity index (χ3n) is 5.95. The smallest absolute Gasteiger partial charge is 0.240 e. The van der Waals surface area contributed by atoms with E-state index in [1.54, 1.807) is 24.3 Å². The van der Waals surface area contributed by atoms with Crippen LogP contribution in [0.2, 0.25) is 0 Å². The molecule has 2 aromatic rings. The molecule has 0 aliphatic carbocycles. The number of amides is 1.